The van der Waals surface area contributed by atoms with Gasteiger partial charge in [0.25, 0.3) is 5.91 Å². The predicted molar refractivity (Wildman–Crippen MR) is 113 cm³/mol. The SMILES string of the molecule is Cc1ccn2cc(CNC(=O)COc3ccccc3Cc3ccccc3)nc2c1. The van der Waals surface area contributed by atoms with Crippen molar-refractivity contribution in [1.29, 1.82) is 0 Å². The highest BCUT2D eigenvalue weighted by atomic mass is 16.5. The van der Waals surface area contributed by atoms with Gasteiger partial charge in [0.05, 0.1) is 12.2 Å². The zero-order valence-corrected chi connectivity index (χ0v) is 16.3. The van der Waals surface area contributed by atoms with Crippen LogP contribution in [0.3, 0.4) is 0 Å². The first-order valence-corrected chi connectivity index (χ1v) is 9.63. The minimum atomic E-state index is -0.173. The number of hydrogen-bond acceptors (Lipinski definition) is 3. The molecule has 0 atom stereocenters. The lowest BCUT2D eigenvalue weighted by molar-refractivity contribution is -0.123. The molecule has 0 saturated heterocycles. The van der Waals surface area contributed by atoms with Crippen LogP contribution in [0.15, 0.2) is 79.1 Å². The monoisotopic (exact) mass is 385 g/mol. The van der Waals surface area contributed by atoms with Crippen LogP contribution in [0.4, 0.5) is 0 Å². The number of pyridine rings is 1. The molecule has 0 aliphatic carbocycles. The van der Waals surface area contributed by atoms with Crippen molar-refractivity contribution in [3.63, 3.8) is 0 Å². The van der Waals surface area contributed by atoms with E-state index in [1.54, 1.807) is 0 Å². The number of para-hydroxylation sites is 1. The molecular formula is C24H23N3O2. The molecule has 0 aliphatic heterocycles. The third-order valence-corrected chi connectivity index (χ3v) is 4.70. The molecule has 29 heavy (non-hydrogen) atoms. The number of benzene rings is 2. The Labute approximate surface area is 170 Å². The minimum absolute atomic E-state index is 0.0295. The van der Waals surface area contributed by atoms with Crippen molar-refractivity contribution in [2.75, 3.05) is 6.61 Å². The quantitative estimate of drug-likeness (QED) is 0.524. The largest absolute Gasteiger partial charge is 0.483 e. The van der Waals surface area contributed by atoms with E-state index in [0.29, 0.717) is 6.54 Å². The van der Waals surface area contributed by atoms with E-state index >= 15 is 0 Å². The molecule has 5 heteroatoms. The number of aromatic nitrogens is 2. The van der Waals surface area contributed by atoms with E-state index in [1.807, 2.05) is 78.3 Å². The molecule has 5 nitrogen and oxygen atoms in total. The maximum Gasteiger partial charge on any atom is 0.258 e. The summed E-state index contributed by atoms with van der Waals surface area (Å²) in [5.74, 6) is 0.558. The van der Waals surface area contributed by atoms with E-state index < -0.39 is 0 Å². The third-order valence-electron chi connectivity index (χ3n) is 4.70. The first-order valence-electron chi connectivity index (χ1n) is 9.63. The highest BCUT2D eigenvalue weighted by Crippen LogP contribution is 2.21. The van der Waals surface area contributed by atoms with Gasteiger partial charge in [-0.2, -0.15) is 0 Å². The summed E-state index contributed by atoms with van der Waals surface area (Å²) in [6.07, 6.45) is 4.65. The van der Waals surface area contributed by atoms with Crippen LogP contribution in [0.25, 0.3) is 5.65 Å². The van der Waals surface area contributed by atoms with E-state index in [2.05, 4.69) is 22.4 Å². The van der Waals surface area contributed by atoms with Crippen LogP contribution in [-0.2, 0) is 17.8 Å². The molecule has 0 fully saturated rings. The average Bonchev–Trinajstić information content (AvgIpc) is 3.14. The fourth-order valence-electron chi connectivity index (χ4n) is 3.21. The first-order chi connectivity index (χ1) is 14.2. The topological polar surface area (TPSA) is 55.6 Å². The average molecular weight is 385 g/mol. The van der Waals surface area contributed by atoms with Gasteiger partial charge in [0, 0.05) is 18.8 Å². The Morgan fingerprint density at radius 1 is 1.07 bits per heavy atom. The molecule has 2 aromatic heterocycles. The molecule has 0 aliphatic rings. The van der Waals surface area contributed by atoms with E-state index in [-0.39, 0.29) is 12.5 Å². The molecule has 0 spiro atoms. The molecule has 146 valence electrons. The summed E-state index contributed by atoms with van der Waals surface area (Å²) in [6.45, 7) is 2.37. The van der Waals surface area contributed by atoms with Crippen molar-refractivity contribution in [2.24, 2.45) is 0 Å². The normalized spacial score (nSPS) is 10.8. The molecule has 0 bridgehead atoms. The van der Waals surface area contributed by atoms with E-state index in [4.69, 9.17) is 4.74 Å². The second-order valence-electron chi connectivity index (χ2n) is 7.04. The maximum atomic E-state index is 12.3. The van der Waals surface area contributed by atoms with Gasteiger partial charge < -0.3 is 14.5 Å². The van der Waals surface area contributed by atoms with Crippen LogP contribution < -0.4 is 10.1 Å². The van der Waals surface area contributed by atoms with E-state index in [9.17, 15) is 4.79 Å². The van der Waals surface area contributed by atoms with Gasteiger partial charge in [-0.05, 0) is 41.8 Å². The van der Waals surface area contributed by atoms with Crippen molar-refractivity contribution in [3.05, 3.63) is 102 Å². The van der Waals surface area contributed by atoms with Crippen LogP contribution in [0.5, 0.6) is 5.75 Å². The number of ether oxygens (including phenoxy) is 1. The van der Waals surface area contributed by atoms with E-state index in [1.165, 1.54) is 5.56 Å². The van der Waals surface area contributed by atoms with Crippen LogP contribution in [0, 0.1) is 6.92 Å². The Morgan fingerprint density at radius 3 is 2.72 bits per heavy atom. The van der Waals surface area contributed by atoms with E-state index in [0.717, 1.165) is 34.6 Å². The van der Waals surface area contributed by atoms with Gasteiger partial charge in [0.1, 0.15) is 11.4 Å². The lowest BCUT2D eigenvalue weighted by Gasteiger charge is -2.11. The Bertz CT molecular complexity index is 1120. The molecule has 1 amide bonds. The highest BCUT2D eigenvalue weighted by Gasteiger charge is 2.09. The van der Waals surface area contributed by atoms with Gasteiger partial charge in [0.2, 0.25) is 0 Å². The Balaban J connectivity index is 1.33. The van der Waals surface area contributed by atoms with Crippen LogP contribution in [0.2, 0.25) is 0 Å². The number of fused-ring (bicyclic) bond motifs is 1. The summed E-state index contributed by atoms with van der Waals surface area (Å²) in [5, 5.41) is 2.87. The maximum absolute atomic E-state index is 12.3. The van der Waals surface area contributed by atoms with Crippen molar-refractivity contribution in [3.8, 4) is 5.75 Å². The molecule has 2 aromatic carbocycles. The number of carbonyl (C=O) groups is 1. The fourth-order valence-corrected chi connectivity index (χ4v) is 3.21. The number of aryl methyl sites for hydroxylation is 1. The molecule has 2 heterocycles. The lowest BCUT2D eigenvalue weighted by Crippen LogP contribution is -2.28. The van der Waals surface area contributed by atoms with Gasteiger partial charge in [-0.25, -0.2) is 4.98 Å². The van der Waals surface area contributed by atoms with Gasteiger partial charge in [0.15, 0.2) is 6.61 Å². The molecule has 0 saturated carbocycles. The predicted octanol–water partition coefficient (Wildman–Crippen LogP) is 3.93. The third kappa shape index (κ3) is 4.82. The van der Waals surface area contributed by atoms with Gasteiger partial charge in [-0.1, -0.05) is 48.5 Å². The first kappa shape index (κ1) is 18.7. The second-order valence-corrected chi connectivity index (χ2v) is 7.04. The van der Waals surface area contributed by atoms with Gasteiger partial charge >= 0.3 is 0 Å². The van der Waals surface area contributed by atoms with Gasteiger partial charge in [-0.15, -0.1) is 0 Å². The zero-order chi connectivity index (χ0) is 20.1. The smallest absolute Gasteiger partial charge is 0.258 e. The summed E-state index contributed by atoms with van der Waals surface area (Å²) in [6, 6.07) is 22.1. The van der Waals surface area contributed by atoms with Crippen molar-refractivity contribution in [2.45, 2.75) is 19.9 Å². The number of amides is 1. The molecular weight excluding hydrogens is 362 g/mol. The second kappa shape index (κ2) is 8.61. The number of rotatable bonds is 7. The number of hydrogen-bond donors (Lipinski definition) is 1. The molecule has 4 rings (SSSR count). The van der Waals surface area contributed by atoms with Crippen LogP contribution >= 0.6 is 0 Å². The summed E-state index contributed by atoms with van der Waals surface area (Å²) < 4.78 is 7.75. The summed E-state index contributed by atoms with van der Waals surface area (Å²) in [5.41, 5.74) is 5.10. The number of imidazole rings is 1. The summed E-state index contributed by atoms with van der Waals surface area (Å²) >= 11 is 0. The van der Waals surface area contributed by atoms with Gasteiger partial charge in [-0.3, -0.25) is 4.79 Å². The van der Waals surface area contributed by atoms with Crippen molar-refractivity contribution < 1.29 is 9.53 Å². The molecule has 0 unspecified atom stereocenters. The van der Waals surface area contributed by atoms with Crippen LogP contribution in [-0.4, -0.2) is 21.9 Å². The standard InChI is InChI=1S/C24H23N3O2/c1-18-11-12-27-16-21(26-23(27)13-18)15-25-24(28)17-29-22-10-6-5-9-20(22)14-19-7-3-2-4-8-19/h2-13,16H,14-15,17H2,1H3,(H,25,28). The Hall–Kier alpha value is -3.60. The number of nitrogens with one attached hydrogen (secondary N) is 1. The molecule has 4 aromatic rings. The molecule has 0 radical (unpaired) electrons. The highest BCUT2D eigenvalue weighted by molar-refractivity contribution is 5.77. The number of carbonyl (C=O) groups excluding carboxylic acids is 1. The van der Waals surface area contributed by atoms with Crippen molar-refractivity contribution >= 4 is 11.6 Å². The zero-order valence-electron chi connectivity index (χ0n) is 16.3. The Morgan fingerprint density at radius 2 is 1.86 bits per heavy atom. The Kier molecular flexibility index (Phi) is 5.56. The summed E-state index contributed by atoms with van der Waals surface area (Å²) in [7, 11) is 0. The van der Waals surface area contributed by atoms with Crippen LogP contribution in [0.1, 0.15) is 22.4 Å². The lowest BCUT2D eigenvalue weighted by atomic mass is 10.0. The number of nitrogens with zero attached hydrogens (tertiary/aromatic N) is 2. The minimum Gasteiger partial charge on any atom is -0.483 e. The fraction of sp³-hybridized carbons (Fsp3) is 0.167. The summed E-state index contributed by atoms with van der Waals surface area (Å²) in [4.78, 5) is 16.8. The van der Waals surface area contributed by atoms with Crippen molar-refractivity contribution in [1.82, 2.24) is 14.7 Å². The molecule has 1 N–H and O–H groups in total.